The van der Waals surface area contributed by atoms with Crippen LogP contribution in [0.25, 0.3) is 0 Å². The van der Waals surface area contributed by atoms with Crippen LogP contribution in [0.2, 0.25) is 0 Å². The predicted octanol–water partition coefficient (Wildman–Crippen LogP) is 0.532. The van der Waals surface area contributed by atoms with E-state index in [0.29, 0.717) is 4.90 Å². The SMILES string of the molecule is Cc1nc(N(CC(=O)O)CC(F)(F)F)cc(=O)[nH]1. The Balaban J connectivity index is 3.08. The summed E-state index contributed by atoms with van der Waals surface area (Å²) < 4.78 is 36.9. The van der Waals surface area contributed by atoms with Crippen LogP contribution in [0.3, 0.4) is 0 Å². The van der Waals surface area contributed by atoms with Gasteiger partial charge in [-0.3, -0.25) is 9.59 Å². The van der Waals surface area contributed by atoms with Crippen LogP contribution in [0.15, 0.2) is 10.9 Å². The summed E-state index contributed by atoms with van der Waals surface area (Å²) in [7, 11) is 0. The molecule has 6 nitrogen and oxygen atoms in total. The van der Waals surface area contributed by atoms with Gasteiger partial charge in [0.15, 0.2) is 0 Å². The van der Waals surface area contributed by atoms with Crippen molar-refractivity contribution >= 4 is 11.8 Å². The molecule has 1 rings (SSSR count). The summed E-state index contributed by atoms with van der Waals surface area (Å²) >= 11 is 0. The monoisotopic (exact) mass is 265 g/mol. The van der Waals surface area contributed by atoms with Gasteiger partial charge in [0.1, 0.15) is 24.7 Å². The van der Waals surface area contributed by atoms with Gasteiger partial charge in [-0.15, -0.1) is 0 Å². The molecule has 0 aliphatic rings. The molecule has 18 heavy (non-hydrogen) atoms. The molecule has 1 aromatic rings. The second kappa shape index (κ2) is 5.07. The first-order chi connectivity index (χ1) is 8.17. The number of anilines is 1. The van der Waals surface area contributed by atoms with E-state index in [1.807, 2.05) is 0 Å². The molecule has 0 amide bonds. The van der Waals surface area contributed by atoms with E-state index >= 15 is 0 Å². The molecule has 0 saturated carbocycles. The number of nitrogens with one attached hydrogen (secondary N) is 1. The summed E-state index contributed by atoms with van der Waals surface area (Å²) in [5.41, 5.74) is -0.643. The summed E-state index contributed by atoms with van der Waals surface area (Å²) in [4.78, 5) is 28.0. The highest BCUT2D eigenvalue weighted by atomic mass is 19.4. The van der Waals surface area contributed by atoms with Crippen LogP contribution in [0.4, 0.5) is 19.0 Å². The second-order valence-electron chi connectivity index (χ2n) is 3.55. The highest BCUT2D eigenvalue weighted by molar-refractivity contribution is 5.73. The molecule has 0 aromatic carbocycles. The van der Waals surface area contributed by atoms with Gasteiger partial charge in [-0.25, -0.2) is 4.98 Å². The number of carbonyl (C=O) groups is 1. The third-order valence-electron chi connectivity index (χ3n) is 1.87. The molecule has 0 fully saturated rings. The van der Waals surface area contributed by atoms with E-state index in [1.54, 1.807) is 0 Å². The smallest absolute Gasteiger partial charge is 0.405 e. The lowest BCUT2D eigenvalue weighted by Gasteiger charge is -2.22. The fraction of sp³-hybridized carbons (Fsp3) is 0.444. The van der Waals surface area contributed by atoms with E-state index in [-0.39, 0.29) is 11.6 Å². The summed E-state index contributed by atoms with van der Waals surface area (Å²) in [5.74, 6) is -1.66. The van der Waals surface area contributed by atoms with Crippen LogP contribution >= 0.6 is 0 Å². The Morgan fingerprint density at radius 1 is 1.56 bits per heavy atom. The zero-order valence-corrected chi connectivity index (χ0v) is 9.28. The van der Waals surface area contributed by atoms with Gasteiger partial charge in [0, 0.05) is 6.07 Å². The minimum atomic E-state index is -4.59. The molecule has 0 saturated heterocycles. The van der Waals surface area contributed by atoms with E-state index in [1.165, 1.54) is 6.92 Å². The molecule has 0 aliphatic carbocycles. The number of aromatic nitrogens is 2. The Hall–Kier alpha value is -2.06. The Morgan fingerprint density at radius 2 is 2.17 bits per heavy atom. The van der Waals surface area contributed by atoms with Crippen LogP contribution in [-0.4, -0.2) is 40.3 Å². The number of hydrogen-bond acceptors (Lipinski definition) is 4. The Labute approximate surface area is 99.1 Å². The molecule has 1 aromatic heterocycles. The highest BCUT2D eigenvalue weighted by Gasteiger charge is 2.32. The zero-order chi connectivity index (χ0) is 13.9. The summed E-state index contributed by atoms with van der Waals surface area (Å²) in [5, 5.41) is 8.56. The van der Waals surface area contributed by atoms with Gasteiger partial charge in [0.05, 0.1) is 0 Å². The van der Waals surface area contributed by atoms with Crippen molar-refractivity contribution in [2.75, 3.05) is 18.0 Å². The van der Waals surface area contributed by atoms with Crippen LogP contribution in [0.5, 0.6) is 0 Å². The van der Waals surface area contributed by atoms with Gasteiger partial charge in [0.25, 0.3) is 5.56 Å². The largest absolute Gasteiger partial charge is 0.480 e. The summed E-state index contributed by atoms with van der Waals surface area (Å²) in [6.45, 7) is -0.998. The maximum absolute atomic E-state index is 12.3. The first-order valence-electron chi connectivity index (χ1n) is 4.79. The summed E-state index contributed by atoms with van der Waals surface area (Å²) in [6.07, 6.45) is -4.59. The minimum Gasteiger partial charge on any atom is -0.480 e. The predicted molar refractivity (Wildman–Crippen MR) is 55.5 cm³/mol. The number of carboxylic acid groups (broad SMARTS) is 1. The summed E-state index contributed by atoms with van der Waals surface area (Å²) in [6, 6.07) is 0.821. The molecule has 0 atom stereocenters. The number of rotatable bonds is 4. The lowest BCUT2D eigenvalue weighted by molar-refractivity contribution is -0.136. The maximum Gasteiger partial charge on any atom is 0.405 e. The van der Waals surface area contributed by atoms with E-state index in [0.717, 1.165) is 6.07 Å². The molecule has 9 heteroatoms. The van der Waals surface area contributed by atoms with Crippen LogP contribution in [-0.2, 0) is 4.79 Å². The van der Waals surface area contributed by atoms with Crippen molar-refractivity contribution in [3.63, 3.8) is 0 Å². The van der Waals surface area contributed by atoms with Gasteiger partial charge in [-0.05, 0) is 6.92 Å². The fourth-order valence-corrected chi connectivity index (χ4v) is 1.32. The van der Waals surface area contributed by atoms with Crippen molar-refractivity contribution in [1.29, 1.82) is 0 Å². The average Bonchev–Trinajstić information content (AvgIpc) is 2.11. The molecule has 0 aliphatic heterocycles. The van der Waals surface area contributed by atoms with Crippen molar-refractivity contribution in [3.05, 3.63) is 22.2 Å². The fourth-order valence-electron chi connectivity index (χ4n) is 1.32. The van der Waals surface area contributed by atoms with Crippen molar-refractivity contribution in [3.8, 4) is 0 Å². The van der Waals surface area contributed by atoms with Crippen molar-refractivity contribution in [2.24, 2.45) is 0 Å². The number of aromatic amines is 1. The second-order valence-corrected chi connectivity index (χ2v) is 3.55. The van der Waals surface area contributed by atoms with Gasteiger partial charge < -0.3 is 15.0 Å². The number of aliphatic carboxylic acids is 1. The number of H-pyrrole nitrogens is 1. The lowest BCUT2D eigenvalue weighted by atomic mass is 10.4. The van der Waals surface area contributed by atoms with Crippen molar-refractivity contribution < 1.29 is 23.1 Å². The molecular weight excluding hydrogens is 255 g/mol. The first kappa shape index (κ1) is 14.0. The van der Waals surface area contributed by atoms with Gasteiger partial charge in [-0.2, -0.15) is 13.2 Å². The quantitative estimate of drug-likeness (QED) is 0.829. The molecule has 2 N–H and O–H groups in total. The Morgan fingerprint density at radius 3 is 2.61 bits per heavy atom. The van der Waals surface area contributed by atoms with Gasteiger partial charge >= 0.3 is 12.1 Å². The van der Waals surface area contributed by atoms with Gasteiger partial charge in [0.2, 0.25) is 0 Å². The zero-order valence-electron chi connectivity index (χ0n) is 9.28. The van der Waals surface area contributed by atoms with Gasteiger partial charge in [-0.1, -0.05) is 0 Å². The molecule has 0 unspecified atom stereocenters. The van der Waals surface area contributed by atoms with Crippen LogP contribution in [0.1, 0.15) is 5.82 Å². The average molecular weight is 265 g/mol. The normalized spacial score (nSPS) is 11.3. The molecule has 1 heterocycles. The first-order valence-corrected chi connectivity index (χ1v) is 4.79. The van der Waals surface area contributed by atoms with E-state index in [4.69, 9.17) is 5.11 Å². The Bertz CT molecular complexity index is 498. The third kappa shape index (κ3) is 4.44. The van der Waals surface area contributed by atoms with Crippen LogP contribution < -0.4 is 10.5 Å². The molecule has 0 bridgehead atoms. The van der Waals surface area contributed by atoms with E-state index < -0.39 is 30.8 Å². The highest BCUT2D eigenvalue weighted by Crippen LogP contribution is 2.19. The van der Waals surface area contributed by atoms with Crippen LogP contribution in [0, 0.1) is 6.92 Å². The number of halogens is 3. The Kier molecular flexibility index (Phi) is 3.94. The third-order valence-corrected chi connectivity index (χ3v) is 1.87. The topological polar surface area (TPSA) is 86.3 Å². The molecular formula is C9H10F3N3O3. The minimum absolute atomic E-state index is 0.107. The standard InChI is InChI=1S/C9H10F3N3O3/c1-5-13-6(2-7(16)14-5)15(3-8(17)18)4-9(10,11)12/h2H,3-4H2,1H3,(H,17,18)(H,13,14,16). The number of nitrogens with zero attached hydrogens (tertiary/aromatic N) is 2. The number of aryl methyl sites for hydroxylation is 1. The molecule has 100 valence electrons. The van der Waals surface area contributed by atoms with E-state index in [9.17, 15) is 22.8 Å². The number of carboxylic acids is 1. The van der Waals surface area contributed by atoms with Crippen molar-refractivity contribution in [1.82, 2.24) is 9.97 Å². The van der Waals surface area contributed by atoms with E-state index in [2.05, 4.69) is 9.97 Å². The number of alkyl halides is 3. The maximum atomic E-state index is 12.3. The number of hydrogen-bond donors (Lipinski definition) is 2. The lowest BCUT2D eigenvalue weighted by Crippen LogP contribution is -2.39. The molecule has 0 radical (unpaired) electrons. The van der Waals surface area contributed by atoms with Crippen molar-refractivity contribution in [2.45, 2.75) is 13.1 Å². The molecule has 0 spiro atoms.